The summed E-state index contributed by atoms with van der Waals surface area (Å²) in [6.45, 7) is 1.65. The minimum Gasteiger partial charge on any atom is -0.357 e. The first kappa shape index (κ1) is 12.5. The van der Waals surface area contributed by atoms with Crippen LogP contribution in [0.1, 0.15) is 6.92 Å². The van der Waals surface area contributed by atoms with E-state index >= 15 is 0 Å². The second-order valence-corrected chi connectivity index (χ2v) is 4.03. The van der Waals surface area contributed by atoms with E-state index in [0.717, 1.165) is 0 Å². The standard InChI is InChI=1S/C9H11ClN6O2/c1-4-6(18)12-5(17)3-16(4)9-14-7(10)13-8(11-2)15-9/h4H,3H2,1-2H3,(H,12,17,18)(H,11,13,14,15). The molecular weight excluding hydrogens is 260 g/mol. The van der Waals surface area contributed by atoms with Gasteiger partial charge in [0.2, 0.25) is 29.0 Å². The Morgan fingerprint density at radius 1 is 1.39 bits per heavy atom. The van der Waals surface area contributed by atoms with Crippen LogP contribution < -0.4 is 15.5 Å². The molecule has 2 N–H and O–H groups in total. The van der Waals surface area contributed by atoms with Crippen LogP contribution in [-0.4, -0.2) is 46.4 Å². The van der Waals surface area contributed by atoms with Gasteiger partial charge in [0.05, 0.1) is 0 Å². The topological polar surface area (TPSA) is 100 Å². The van der Waals surface area contributed by atoms with Crippen molar-refractivity contribution in [1.29, 1.82) is 0 Å². The lowest BCUT2D eigenvalue weighted by Crippen LogP contribution is -2.57. The van der Waals surface area contributed by atoms with Gasteiger partial charge in [-0.15, -0.1) is 0 Å². The van der Waals surface area contributed by atoms with Gasteiger partial charge < -0.3 is 10.2 Å². The number of hydrogen-bond donors (Lipinski definition) is 2. The van der Waals surface area contributed by atoms with E-state index in [9.17, 15) is 9.59 Å². The summed E-state index contributed by atoms with van der Waals surface area (Å²) in [5, 5.41) is 4.95. The minimum absolute atomic E-state index is 0.00357. The first-order valence-electron chi connectivity index (χ1n) is 5.21. The predicted molar refractivity (Wildman–Crippen MR) is 64.3 cm³/mol. The van der Waals surface area contributed by atoms with Crippen LogP contribution >= 0.6 is 11.6 Å². The van der Waals surface area contributed by atoms with Crippen LogP contribution in [0.5, 0.6) is 0 Å². The van der Waals surface area contributed by atoms with Crippen molar-refractivity contribution in [2.75, 3.05) is 23.8 Å². The minimum atomic E-state index is -0.550. The zero-order valence-electron chi connectivity index (χ0n) is 9.77. The number of imide groups is 1. The number of carbonyl (C=O) groups is 2. The quantitative estimate of drug-likeness (QED) is 0.693. The van der Waals surface area contributed by atoms with Gasteiger partial charge in [0.15, 0.2) is 0 Å². The summed E-state index contributed by atoms with van der Waals surface area (Å²) in [5.41, 5.74) is 0. The van der Waals surface area contributed by atoms with Crippen molar-refractivity contribution >= 4 is 35.3 Å². The molecule has 1 fully saturated rings. The average molecular weight is 271 g/mol. The molecule has 1 atom stereocenters. The molecule has 2 rings (SSSR count). The third kappa shape index (κ3) is 2.33. The number of aromatic nitrogens is 3. The van der Waals surface area contributed by atoms with E-state index in [0.29, 0.717) is 0 Å². The largest absolute Gasteiger partial charge is 0.357 e. The Labute approximate surface area is 108 Å². The van der Waals surface area contributed by atoms with Crippen LogP contribution in [0.25, 0.3) is 0 Å². The van der Waals surface area contributed by atoms with Gasteiger partial charge in [-0.25, -0.2) is 0 Å². The zero-order valence-corrected chi connectivity index (χ0v) is 10.5. The van der Waals surface area contributed by atoms with Gasteiger partial charge in [0.25, 0.3) is 0 Å². The second kappa shape index (κ2) is 4.73. The van der Waals surface area contributed by atoms with Gasteiger partial charge >= 0.3 is 0 Å². The molecule has 1 unspecified atom stereocenters. The molecule has 0 spiro atoms. The summed E-state index contributed by atoms with van der Waals surface area (Å²) in [6.07, 6.45) is 0. The predicted octanol–water partition coefficient (Wildman–Crippen LogP) is -0.582. The Balaban J connectivity index is 2.37. The SMILES string of the molecule is CNc1nc(Cl)nc(N2CC(=O)NC(=O)C2C)n1. The fraction of sp³-hybridized carbons (Fsp3) is 0.444. The Morgan fingerprint density at radius 2 is 2.11 bits per heavy atom. The normalized spacial score (nSPS) is 19.7. The fourth-order valence-corrected chi connectivity index (χ4v) is 1.69. The summed E-state index contributed by atoms with van der Waals surface area (Å²) in [6, 6.07) is -0.550. The van der Waals surface area contributed by atoms with E-state index in [2.05, 4.69) is 25.6 Å². The van der Waals surface area contributed by atoms with Crippen LogP contribution in [0.4, 0.5) is 11.9 Å². The van der Waals surface area contributed by atoms with Gasteiger partial charge in [-0.1, -0.05) is 0 Å². The van der Waals surface area contributed by atoms with Gasteiger partial charge in [-0.05, 0) is 18.5 Å². The number of rotatable bonds is 2. The molecule has 1 aromatic rings. The number of amides is 2. The molecule has 8 nitrogen and oxygen atoms in total. The van der Waals surface area contributed by atoms with Crippen LogP contribution in [-0.2, 0) is 9.59 Å². The molecule has 0 saturated carbocycles. The molecule has 0 radical (unpaired) electrons. The highest BCUT2D eigenvalue weighted by atomic mass is 35.5. The molecule has 0 aromatic carbocycles. The third-order valence-corrected chi connectivity index (χ3v) is 2.67. The van der Waals surface area contributed by atoms with Crippen molar-refractivity contribution in [2.45, 2.75) is 13.0 Å². The van der Waals surface area contributed by atoms with E-state index in [1.165, 1.54) is 4.90 Å². The molecule has 1 saturated heterocycles. The summed E-state index contributed by atoms with van der Waals surface area (Å²) in [7, 11) is 1.63. The highest BCUT2D eigenvalue weighted by Gasteiger charge is 2.32. The molecule has 2 amide bonds. The van der Waals surface area contributed by atoms with Gasteiger partial charge in [0.1, 0.15) is 12.6 Å². The first-order valence-corrected chi connectivity index (χ1v) is 5.58. The number of nitrogens with zero attached hydrogens (tertiary/aromatic N) is 4. The Hall–Kier alpha value is -1.96. The van der Waals surface area contributed by atoms with Gasteiger partial charge in [0, 0.05) is 7.05 Å². The lowest BCUT2D eigenvalue weighted by Gasteiger charge is -2.31. The Kier molecular flexibility index (Phi) is 3.28. The van der Waals surface area contributed by atoms with Crippen LogP contribution in [0.15, 0.2) is 0 Å². The first-order chi connectivity index (χ1) is 8.51. The smallest absolute Gasteiger partial charge is 0.249 e. The highest BCUT2D eigenvalue weighted by Crippen LogP contribution is 2.17. The summed E-state index contributed by atoms with van der Waals surface area (Å²) in [4.78, 5) is 36.2. The Bertz CT molecular complexity index is 508. The molecule has 18 heavy (non-hydrogen) atoms. The van der Waals surface area contributed by atoms with Crippen molar-refractivity contribution in [3.8, 4) is 0 Å². The lowest BCUT2D eigenvalue weighted by atomic mass is 10.2. The number of piperazine rings is 1. The highest BCUT2D eigenvalue weighted by molar-refractivity contribution is 6.28. The summed E-state index contributed by atoms with van der Waals surface area (Å²) < 4.78 is 0. The molecule has 9 heteroatoms. The fourth-order valence-electron chi connectivity index (χ4n) is 1.54. The monoisotopic (exact) mass is 270 g/mol. The average Bonchev–Trinajstić information content (AvgIpc) is 2.32. The van der Waals surface area contributed by atoms with Crippen molar-refractivity contribution in [1.82, 2.24) is 20.3 Å². The van der Waals surface area contributed by atoms with E-state index in [-0.39, 0.29) is 23.7 Å². The van der Waals surface area contributed by atoms with Crippen molar-refractivity contribution in [3.63, 3.8) is 0 Å². The molecule has 2 heterocycles. The lowest BCUT2D eigenvalue weighted by molar-refractivity contribution is -0.132. The molecule has 0 aliphatic carbocycles. The molecule has 96 valence electrons. The maximum Gasteiger partial charge on any atom is 0.249 e. The number of carbonyl (C=O) groups excluding carboxylic acids is 2. The van der Waals surface area contributed by atoms with Gasteiger partial charge in [-0.3, -0.25) is 14.9 Å². The van der Waals surface area contributed by atoms with Crippen molar-refractivity contribution in [2.24, 2.45) is 0 Å². The number of anilines is 2. The summed E-state index contributed by atoms with van der Waals surface area (Å²) >= 11 is 5.75. The van der Waals surface area contributed by atoms with Crippen molar-refractivity contribution < 1.29 is 9.59 Å². The van der Waals surface area contributed by atoms with E-state index in [1.807, 2.05) is 0 Å². The van der Waals surface area contributed by atoms with Gasteiger partial charge in [-0.2, -0.15) is 15.0 Å². The molecule has 1 aliphatic rings. The van der Waals surface area contributed by atoms with E-state index < -0.39 is 17.9 Å². The van der Waals surface area contributed by atoms with E-state index in [1.54, 1.807) is 14.0 Å². The second-order valence-electron chi connectivity index (χ2n) is 3.69. The van der Waals surface area contributed by atoms with E-state index in [4.69, 9.17) is 11.6 Å². The maximum atomic E-state index is 11.5. The molecule has 1 aliphatic heterocycles. The molecule has 0 bridgehead atoms. The van der Waals surface area contributed by atoms with Crippen LogP contribution in [0, 0.1) is 0 Å². The molecule has 1 aromatic heterocycles. The third-order valence-electron chi connectivity index (χ3n) is 2.50. The van der Waals surface area contributed by atoms with Crippen molar-refractivity contribution in [3.05, 3.63) is 5.28 Å². The summed E-state index contributed by atoms with van der Waals surface area (Å²) in [5.74, 6) is -0.333. The number of hydrogen-bond acceptors (Lipinski definition) is 7. The number of nitrogens with one attached hydrogen (secondary N) is 2. The maximum absolute atomic E-state index is 11.5. The Morgan fingerprint density at radius 3 is 2.78 bits per heavy atom. The molecular formula is C9H11ClN6O2. The number of halogens is 1. The zero-order chi connectivity index (χ0) is 13.3. The van der Waals surface area contributed by atoms with Crippen LogP contribution in [0.3, 0.4) is 0 Å². The van der Waals surface area contributed by atoms with Crippen LogP contribution in [0.2, 0.25) is 5.28 Å².